The van der Waals surface area contributed by atoms with Gasteiger partial charge in [0.15, 0.2) is 0 Å². The number of alkyl halides is 3. The van der Waals surface area contributed by atoms with Crippen molar-refractivity contribution in [2.45, 2.75) is 20.0 Å². The highest BCUT2D eigenvalue weighted by Crippen LogP contribution is 2.28. The van der Waals surface area contributed by atoms with E-state index in [9.17, 15) is 18.0 Å². The van der Waals surface area contributed by atoms with E-state index >= 15 is 0 Å². The average Bonchev–Trinajstić information content (AvgIpc) is 2.35. The van der Waals surface area contributed by atoms with Gasteiger partial charge >= 0.3 is 6.18 Å². The molecule has 7 heteroatoms. The highest BCUT2D eigenvalue weighted by Gasteiger charge is 2.30. The number of hydrazone groups is 1. The highest BCUT2D eigenvalue weighted by molar-refractivity contribution is 5.94. The Labute approximate surface area is 108 Å². The molecule has 104 valence electrons. The van der Waals surface area contributed by atoms with E-state index in [4.69, 9.17) is 4.74 Å². The topological polar surface area (TPSA) is 50.7 Å². The van der Waals surface area contributed by atoms with Gasteiger partial charge in [0.05, 0.1) is 12.2 Å². The summed E-state index contributed by atoms with van der Waals surface area (Å²) in [5.41, 5.74) is 1.46. The minimum absolute atomic E-state index is 0.0843. The van der Waals surface area contributed by atoms with Crippen LogP contribution >= 0.6 is 0 Å². The van der Waals surface area contributed by atoms with E-state index in [1.807, 2.05) is 0 Å². The Balaban J connectivity index is 2.71. The second-order valence-corrected chi connectivity index (χ2v) is 3.58. The van der Waals surface area contributed by atoms with Crippen LogP contribution in [-0.4, -0.2) is 18.4 Å². The van der Waals surface area contributed by atoms with E-state index < -0.39 is 17.6 Å². The zero-order chi connectivity index (χ0) is 14.5. The number of carbonyl (C=O) groups is 1. The lowest BCUT2D eigenvalue weighted by Crippen LogP contribution is -2.20. The van der Waals surface area contributed by atoms with E-state index in [2.05, 4.69) is 10.5 Å². The van der Waals surface area contributed by atoms with Gasteiger partial charge in [0.25, 0.3) is 5.91 Å². The lowest BCUT2D eigenvalue weighted by molar-refractivity contribution is -0.137. The maximum Gasteiger partial charge on any atom is 0.416 e. The Morgan fingerprint density at radius 1 is 1.32 bits per heavy atom. The van der Waals surface area contributed by atoms with Crippen molar-refractivity contribution in [3.05, 3.63) is 35.4 Å². The number of halogens is 3. The molecule has 1 rings (SSSR count). The lowest BCUT2D eigenvalue weighted by Gasteiger charge is -2.07. The Bertz CT molecular complexity index is 467. The van der Waals surface area contributed by atoms with Crippen molar-refractivity contribution in [1.82, 2.24) is 5.43 Å². The third kappa shape index (κ3) is 4.61. The van der Waals surface area contributed by atoms with Gasteiger partial charge in [-0.25, -0.2) is 5.43 Å². The Kier molecular flexibility index (Phi) is 4.91. The monoisotopic (exact) mass is 274 g/mol. The summed E-state index contributed by atoms with van der Waals surface area (Å²) >= 11 is 0. The number of nitrogens with zero attached hydrogens (tertiary/aromatic N) is 1. The SMILES string of the molecule is CCOC(C)=NNC(=O)c1ccc(C(F)(F)F)cc1. The molecule has 0 aliphatic rings. The molecule has 1 aromatic carbocycles. The van der Waals surface area contributed by atoms with Crippen molar-refractivity contribution in [3.8, 4) is 0 Å². The fourth-order valence-electron chi connectivity index (χ4n) is 1.25. The van der Waals surface area contributed by atoms with E-state index in [0.29, 0.717) is 6.61 Å². The Morgan fingerprint density at radius 2 is 1.89 bits per heavy atom. The third-order valence-corrected chi connectivity index (χ3v) is 2.14. The maximum absolute atomic E-state index is 12.3. The van der Waals surface area contributed by atoms with Crippen LogP contribution in [0.1, 0.15) is 29.8 Å². The van der Waals surface area contributed by atoms with Gasteiger partial charge in [-0.15, -0.1) is 5.10 Å². The zero-order valence-corrected chi connectivity index (χ0v) is 10.4. The van der Waals surface area contributed by atoms with Crippen molar-refractivity contribution in [2.24, 2.45) is 5.10 Å². The van der Waals surface area contributed by atoms with Crippen molar-refractivity contribution >= 4 is 11.8 Å². The summed E-state index contributed by atoms with van der Waals surface area (Å²) in [4.78, 5) is 11.6. The summed E-state index contributed by atoms with van der Waals surface area (Å²) in [7, 11) is 0. The van der Waals surface area contributed by atoms with E-state index in [0.717, 1.165) is 24.3 Å². The van der Waals surface area contributed by atoms with Gasteiger partial charge in [0.2, 0.25) is 5.90 Å². The fraction of sp³-hybridized carbons (Fsp3) is 0.333. The van der Waals surface area contributed by atoms with E-state index in [1.54, 1.807) is 13.8 Å². The molecular formula is C12H13F3N2O2. The molecule has 0 aliphatic heterocycles. The minimum Gasteiger partial charge on any atom is -0.480 e. The molecule has 0 aromatic heterocycles. The Morgan fingerprint density at radius 3 is 2.37 bits per heavy atom. The highest BCUT2D eigenvalue weighted by atomic mass is 19.4. The predicted octanol–water partition coefficient (Wildman–Crippen LogP) is 2.81. The number of benzene rings is 1. The van der Waals surface area contributed by atoms with Crippen LogP contribution in [0.3, 0.4) is 0 Å². The van der Waals surface area contributed by atoms with Crippen LogP contribution in [0.15, 0.2) is 29.4 Å². The number of rotatable bonds is 3. The molecule has 4 nitrogen and oxygen atoms in total. The molecule has 0 aliphatic carbocycles. The molecule has 1 aromatic rings. The van der Waals surface area contributed by atoms with Crippen molar-refractivity contribution in [3.63, 3.8) is 0 Å². The maximum atomic E-state index is 12.3. The molecule has 0 saturated heterocycles. The minimum atomic E-state index is -4.42. The first-order valence-corrected chi connectivity index (χ1v) is 5.49. The van der Waals surface area contributed by atoms with Gasteiger partial charge in [-0.05, 0) is 31.2 Å². The van der Waals surface area contributed by atoms with Gasteiger partial charge in [-0.2, -0.15) is 13.2 Å². The first-order chi connectivity index (χ1) is 8.84. The predicted molar refractivity (Wildman–Crippen MR) is 63.6 cm³/mol. The van der Waals surface area contributed by atoms with Crippen molar-refractivity contribution in [1.29, 1.82) is 0 Å². The normalized spacial score (nSPS) is 12.2. The van der Waals surface area contributed by atoms with Crippen LogP contribution in [-0.2, 0) is 10.9 Å². The summed E-state index contributed by atoms with van der Waals surface area (Å²) in [6.07, 6.45) is -4.42. The zero-order valence-electron chi connectivity index (χ0n) is 10.4. The van der Waals surface area contributed by atoms with Gasteiger partial charge < -0.3 is 4.74 Å². The van der Waals surface area contributed by atoms with Gasteiger partial charge in [-0.3, -0.25) is 4.79 Å². The van der Waals surface area contributed by atoms with Crippen LogP contribution in [0, 0.1) is 0 Å². The van der Waals surface area contributed by atoms with Crippen LogP contribution in [0.5, 0.6) is 0 Å². The van der Waals surface area contributed by atoms with Gasteiger partial charge in [0, 0.05) is 12.5 Å². The van der Waals surface area contributed by atoms with Crippen LogP contribution in [0.25, 0.3) is 0 Å². The summed E-state index contributed by atoms with van der Waals surface area (Å²) in [5, 5.41) is 3.63. The number of hydrogen-bond donors (Lipinski definition) is 1. The molecule has 1 amide bonds. The van der Waals surface area contributed by atoms with E-state index in [-0.39, 0.29) is 11.5 Å². The molecule has 0 unspecified atom stereocenters. The van der Waals surface area contributed by atoms with Crippen LogP contribution in [0.2, 0.25) is 0 Å². The number of amides is 1. The molecule has 0 bridgehead atoms. The van der Waals surface area contributed by atoms with Crippen molar-refractivity contribution in [2.75, 3.05) is 6.61 Å². The largest absolute Gasteiger partial charge is 0.480 e. The molecule has 0 fully saturated rings. The summed E-state index contributed by atoms with van der Waals surface area (Å²) in [6.45, 7) is 3.72. The van der Waals surface area contributed by atoms with Crippen LogP contribution < -0.4 is 5.43 Å². The smallest absolute Gasteiger partial charge is 0.416 e. The number of hydrogen-bond acceptors (Lipinski definition) is 3. The molecular weight excluding hydrogens is 261 g/mol. The molecule has 0 heterocycles. The van der Waals surface area contributed by atoms with E-state index in [1.165, 1.54) is 0 Å². The van der Waals surface area contributed by atoms with Gasteiger partial charge in [0.1, 0.15) is 0 Å². The summed E-state index contributed by atoms with van der Waals surface area (Å²) < 4.78 is 41.9. The Hall–Kier alpha value is -2.05. The first-order valence-electron chi connectivity index (χ1n) is 5.49. The molecule has 19 heavy (non-hydrogen) atoms. The lowest BCUT2D eigenvalue weighted by atomic mass is 10.1. The molecule has 1 N–H and O–H groups in total. The second kappa shape index (κ2) is 6.21. The molecule has 0 spiro atoms. The number of ether oxygens (including phenoxy) is 1. The van der Waals surface area contributed by atoms with Crippen LogP contribution in [0.4, 0.5) is 13.2 Å². The van der Waals surface area contributed by atoms with Gasteiger partial charge in [-0.1, -0.05) is 0 Å². The second-order valence-electron chi connectivity index (χ2n) is 3.58. The number of carbonyl (C=O) groups excluding carboxylic acids is 1. The summed E-state index contributed by atoms with van der Waals surface area (Å²) in [5.74, 6) is -0.337. The van der Waals surface area contributed by atoms with Crippen molar-refractivity contribution < 1.29 is 22.7 Å². The first kappa shape index (κ1) is 15.0. The molecule has 0 radical (unpaired) electrons. The number of nitrogens with one attached hydrogen (secondary N) is 1. The molecule has 0 saturated carbocycles. The summed E-state index contributed by atoms with van der Waals surface area (Å²) in [6, 6.07) is 3.86. The standard InChI is InChI=1S/C12H13F3N2O2/c1-3-19-8(2)16-17-11(18)9-4-6-10(7-5-9)12(13,14)15/h4-7H,3H2,1-2H3,(H,17,18). The quantitative estimate of drug-likeness (QED) is 0.523. The third-order valence-electron chi connectivity index (χ3n) is 2.14. The fourth-order valence-corrected chi connectivity index (χ4v) is 1.25. The molecule has 0 atom stereocenters. The average molecular weight is 274 g/mol.